The third-order valence-corrected chi connectivity index (χ3v) is 17.7. The summed E-state index contributed by atoms with van der Waals surface area (Å²) in [5.41, 5.74) is -1.20. The molecule has 3 N–H and O–H groups in total. The Bertz CT molecular complexity index is 3320. The Morgan fingerprint density at radius 1 is 0.594 bits per heavy atom. The second-order valence-electron chi connectivity index (χ2n) is 24.9. The van der Waals surface area contributed by atoms with Crippen molar-refractivity contribution in [3.8, 4) is 0 Å². The molecule has 96 heavy (non-hydrogen) atoms. The zero-order valence-electron chi connectivity index (χ0n) is 55.0. The Labute approximate surface area is 559 Å². The first-order valence-corrected chi connectivity index (χ1v) is 33.9. The average molecular weight is 1330 g/mol. The summed E-state index contributed by atoms with van der Waals surface area (Å²) in [5, 5.41) is 2.92. The van der Waals surface area contributed by atoms with Gasteiger partial charge in [0.05, 0.1) is 34.9 Å². The Morgan fingerprint density at radius 2 is 1.15 bits per heavy atom. The second kappa shape index (κ2) is 37.1. The van der Waals surface area contributed by atoms with Crippen LogP contribution < -0.4 is 16.6 Å². The highest BCUT2D eigenvalue weighted by Crippen LogP contribution is 2.40. The van der Waals surface area contributed by atoms with E-state index in [1.807, 2.05) is 39.0 Å². The van der Waals surface area contributed by atoms with E-state index in [1.165, 1.54) is 24.3 Å². The van der Waals surface area contributed by atoms with Crippen LogP contribution in [0.5, 0.6) is 0 Å². The van der Waals surface area contributed by atoms with Gasteiger partial charge in [-0.2, -0.15) is 0 Å². The molecule has 2 aliphatic carbocycles. The minimum Gasteiger partial charge on any atom is -0.459 e. The Hall–Kier alpha value is -7.74. The smallest absolute Gasteiger partial charge is 0.338 e. The number of hydrogen-bond donors (Lipinski definition) is 3. The van der Waals surface area contributed by atoms with Gasteiger partial charge in [0.15, 0.2) is 30.9 Å². The quantitative estimate of drug-likeness (QED) is 0.0152. The number of H-pyrrole nitrogens is 2. The average Bonchev–Trinajstić information content (AvgIpc) is 0.773. The fraction of sp³-hybridized carbons (Fsp3) is 0.534. The van der Waals surface area contributed by atoms with Crippen LogP contribution in [0.4, 0.5) is 0 Å². The van der Waals surface area contributed by atoms with Gasteiger partial charge >= 0.3 is 29.6 Å². The normalized spacial score (nSPS) is 26.3. The van der Waals surface area contributed by atoms with E-state index < -0.39 is 145 Å². The van der Waals surface area contributed by atoms with Crippen LogP contribution in [-0.4, -0.2) is 158 Å². The van der Waals surface area contributed by atoms with Gasteiger partial charge in [0.1, 0.15) is 61.8 Å². The van der Waals surface area contributed by atoms with Crippen molar-refractivity contribution in [2.45, 2.75) is 210 Å². The summed E-state index contributed by atoms with van der Waals surface area (Å²) in [7, 11) is 0. The van der Waals surface area contributed by atoms with Crippen LogP contribution in [-0.2, 0) is 73.0 Å². The molecule has 4 aliphatic rings. The van der Waals surface area contributed by atoms with Crippen LogP contribution in [0.2, 0.25) is 0 Å². The number of unbranched alkanes of at least 4 members (excludes halogenated alkanes) is 3. The minimum atomic E-state index is -1.88. The molecule has 4 fully saturated rings. The summed E-state index contributed by atoms with van der Waals surface area (Å²) in [6, 6.07) is 33.0. The lowest BCUT2D eigenvalue weighted by Crippen LogP contribution is -2.66. The molecule has 2 saturated heterocycles. The van der Waals surface area contributed by atoms with Crippen LogP contribution in [0.1, 0.15) is 165 Å². The van der Waals surface area contributed by atoms with Crippen LogP contribution in [0.15, 0.2) is 137 Å². The van der Waals surface area contributed by atoms with Crippen LogP contribution in [0.25, 0.3) is 0 Å². The molecule has 4 aromatic carbocycles. The van der Waals surface area contributed by atoms with Gasteiger partial charge in [-0.05, 0) is 93.3 Å². The first-order valence-electron chi connectivity index (χ1n) is 33.9. The van der Waals surface area contributed by atoms with Crippen LogP contribution in [0.3, 0.4) is 0 Å². The topological polar surface area (TPSA) is 291 Å². The van der Waals surface area contributed by atoms with E-state index in [9.17, 15) is 28.8 Å². The number of benzene rings is 4. The maximum atomic E-state index is 15.0. The molecule has 23 nitrogen and oxygen atoms in total. The molecule has 15 atom stereocenters. The highest BCUT2D eigenvalue weighted by Gasteiger charge is 2.57. The predicted octanol–water partition coefficient (Wildman–Crippen LogP) is 9.34. The number of hydrogen-bond acceptors (Lipinski definition) is 20. The Kier molecular flexibility index (Phi) is 28.0. The number of carbonyl (C=O) groups is 6. The van der Waals surface area contributed by atoms with Gasteiger partial charge in [-0.25, -0.2) is 24.0 Å². The lowest BCUT2D eigenvalue weighted by molar-refractivity contribution is -0.353. The molecule has 0 bridgehead atoms. The zero-order chi connectivity index (χ0) is 67.8. The second-order valence-corrected chi connectivity index (χ2v) is 24.9. The fourth-order valence-corrected chi connectivity index (χ4v) is 12.6. The molecule has 2 saturated carbocycles. The third kappa shape index (κ3) is 20.4. The lowest BCUT2D eigenvalue weighted by Gasteiger charge is -2.50. The zero-order valence-corrected chi connectivity index (χ0v) is 55.0. The highest BCUT2D eigenvalue weighted by atomic mass is 16.8. The lowest BCUT2D eigenvalue weighted by atomic mass is 9.81. The molecule has 5 aromatic rings. The Morgan fingerprint density at radius 3 is 1.73 bits per heavy atom. The van der Waals surface area contributed by atoms with Gasteiger partial charge in [-0.15, -0.1) is 0 Å². The van der Waals surface area contributed by atoms with Crippen molar-refractivity contribution in [2.75, 3.05) is 26.4 Å². The van der Waals surface area contributed by atoms with Crippen molar-refractivity contribution in [2.24, 2.45) is 11.8 Å². The van der Waals surface area contributed by atoms with Crippen molar-refractivity contribution in [1.29, 1.82) is 0 Å². The standard InChI is InChI=1S/C73H91N3O20/c1-5-8-36-85-59-46(4)90-71(64(87-38-10-7-3)62(59)86-37-9-6-2)96-60-53(74-66(79)54-42-58(78)76-73(84)75-54)39-49(43-77)41-55(60)92-72-65(95-69(82)52-34-24-15-25-35-52)63(91-56(40-47-26-16-11-17-27-47)70(83)88-44-48-28-18-12-19-29-48)61(94-68(81)51-32-22-14-23-33-51)57(93-72)45-89-67(80)50-30-20-13-21-31-50/h12-15,18-25,28-35,42-43,46-47,49,53,55-57,59-65,71-72H,5-11,16-17,26-27,36-41,44-45H2,1-4H3,(H,74,79)(H2,75,76,78,84)/t46?,49?,53?,55?,56-,57?,59?,60?,61?,62?,63?,64?,65?,71?,72?/m0/s1. The monoisotopic (exact) mass is 1330 g/mol. The maximum absolute atomic E-state index is 15.0. The first-order chi connectivity index (χ1) is 46.7. The highest BCUT2D eigenvalue weighted by molar-refractivity contribution is 5.92. The van der Waals surface area contributed by atoms with E-state index in [4.69, 9.17) is 56.8 Å². The van der Waals surface area contributed by atoms with E-state index in [1.54, 1.807) is 78.9 Å². The van der Waals surface area contributed by atoms with Gasteiger partial charge in [-0.1, -0.05) is 157 Å². The number of aldehydes is 1. The number of carbonyl (C=O) groups excluding carboxylic acids is 6. The summed E-state index contributed by atoms with van der Waals surface area (Å²) in [6.45, 7) is 8.15. The number of esters is 4. The summed E-state index contributed by atoms with van der Waals surface area (Å²) < 4.78 is 80.9. The first kappa shape index (κ1) is 72.5. The van der Waals surface area contributed by atoms with Gasteiger partial charge in [-0.3, -0.25) is 14.6 Å². The maximum Gasteiger partial charge on any atom is 0.338 e. The van der Waals surface area contributed by atoms with Crippen molar-refractivity contribution in [3.05, 3.63) is 176 Å². The number of rotatable bonds is 33. The number of aromatic nitrogens is 2. The molecule has 23 heteroatoms. The third-order valence-electron chi connectivity index (χ3n) is 17.7. The molecule has 1 aromatic heterocycles. The molecule has 3 heterocycles. The number of ether oxygens (including phenoxy) is 12. The number of nitrogens with one attached hydrogen (secondary N) is 3. The largest absolute Gasteiger partial charge is 0.459 e. The van der Waals surface area contributed by atoms with Crippen molar-refractivity contribution >= 4 is 36.1 Å². The van der Waals surface area contributed by atoms with Crippen LogP contribution >= 0.6 is 0 Å². The van der Waals surface area contributed by atoms with Gasteiger partial charge in [0.2, 0.25) is 0 Å². The molecule has 0 spiro atoms. The molecule has 1 amide bonds. The van der Waals surface area contributed by atoms with Gasteiger partial charge in [0.25, 0.3) is 11.5 Å². The Balaban J connectivity index is 1.20. The summed E-state index contributed by atoms with van der Waals surface area (Å²) in [4.78, 5) is 117. The summed E-state index contributed by atoms with van der Waals surface area (Å²) in [6.07, 6.45) is -7.94. The molecular weight excluding hydrogens is 1240 g/mol. The van der Waals surface area contributed by atoms with E-state index in [-0.39, 0.29) is 55.1 Å². The molecule has 9 rings (SSSR count). The molecule has 2 aliphatic heterocycles. The summed E-state index contributed by atoms with van der Waals surface area (Å²) >= 11 is 0. The fourth-order valence-electron chi connectivity index (χ4n) is 12.6. The minimum absolute atomic E-state index is 0.0489. The molecular formula is C73H91N3O20. The van der Waals surface area contributed by atoms with Crippen LogP contribution in [0, 0.1) is 11.8 Å². The van der Waals surface area contributed by atoms with E-state index in [2.05, 4.69) is 22.2 Å². The van der Waals surface area contributed by atoms with E-state index >= 15 is 9.59 Å². The molecule has 14 unspecified atom stereocenters. The van der Waals surface area contributed by atoms with Gasteiger partial charge in [0, 0.05) is 31.8 Å². The number of aromatic amines is 2. The molecule has 518 valence electrons. The number of amides is 1. The van der Waals surface area contributed by atoms with Crippen molar-refractivity contribution in [1.82, 2.24) is 15.3 Å². The summed E-state index contributed by atoms with van der Waals surface area (Å²) in [5.74, 6) is -5.28. The van der Waals surface area contributed by atoms with Crippen molar-refractivity contribution in [3.63, 3.8) is 0 Å². The molecule has 0 radical (unpaired) electrons. The van der Waals surface area contributed by atoms with Gasteiger partial charge < -0.3 is 71.9 Å². The SMILES string of the molecule is CCCCOC1C(C)OC(OC2C(NC(=O)c3cc(=O)[nH]c(=O)[nH]3)CC(C=O)CC2OC2OC(COC(=O)c3ccccc3)C(OC(=O)c3ccccc3)C(O[C@@H](CC3CCCCC3)C(=O)OCc3ccccc3)C2OC(=O)c2ccccc2)C(OCCCC)C1OCCCC. The van der Waals surface area contributed by atoms with E-state index in [0.29, 0.717) is 37.9 Å². The van der Waals surface area contributed by atoms with Crippen molar-refractivity contribution < 1.29 is 85.6 Å². The predicted molar refractivity (Wildman–Crippen MR) is 349 cm³/mol. The van der Waals surface area contributed by atoms with E-state index in [0.717, 1.165) is 63.9 Å².